The lowest BCUT2D eigenvalue weighted by Crippen LogP contribution is -2.66. The Kier molecular flexibility index (Phi) is 5.42. The molecule has 0 amide bonds. The largest absolute Gasteiger partial charge is 0.480 e. The van der Waals surface area contributed by atoms with Crippen molar-refractivity contribution in [3.05, 3.63) is 0 Å². The Morgan fingerprint density at radius 3 is 1.52 bits per heavy atom. The number of halogens is 6. The second-order valence-corrected chi connectivity index (χ2v) is 5.84. The van der Waals surface area contributed by atoms with Crippen molar-refractivity contribution in [1.82, 2.24) is 5.32 Å². The minimum Gasteiger partial charge on any atom is -0.480 e. The molecule has 1 fully saturated rings. The molecule has 0 saturated carbocycles. The molecule has 1 aliphatic heterocycles. The minimum atomic E-state index is -5.78. The third-order valence-electron chi connectivity index (χ3n) is 2.59. The van der Waals surface area contributed by atoms with Crippen LogP contribution < -0.4 is 11.1 Å². The zero-order chi connectivity index (χ0) is 19.1. The summed E-state index contributed by atoms with van der Waals surface area (Å²) in [7, 11) is 0. The van der Waals surface area contributed by atoms with Crippen LogP contribution in [0.2, 0.25) is 0 Å². The summed E-state index contributed by atoms with van der Waals surface area (Å²) in [5, 5.41) is 9.28. The standard InChI is InChI=1S/C7H7F6NO2.C4H9NO2/c1-4(2)3(15)16-5(14-4,6(8,9)10)7(11,12)13;1-4(2,5)3(6)7/h14H,1-2H3;5H2,1-2H3,(H,6,7). The van der Waals surface area contributed by atoms with Crippen molar-refractivity contribution in [3.8, 4) is 0 Å². The molecule has 1 aliphatic rings. The van der Waals surface area contributed by atoms with E-state index in [2.05, 4.69) is 4.74 Å². The van der Waals surface area contributed by atoms with Gasteiger partial charge in [0.15, 0.2) is 0 Å². The first-order valence-electron chi connectivity index (χ1n) is 5.96. The number of ether oxygens (including phenoxy) is 1. The average Bonchev–Trinajstić information content (AvgIpc) is 2.48. The van der Waals surface area contributed by atoms with Crippen LogP contribution in [0.3, 0.4) is 0 Å². The fraction of sp³-hybridized carbons (Fsp3) is 0.818. The number of hydrogen-bond donors (Lipinski definition) is 3. The Labute approximate surface area is 127 Å². The number of carbonyl (C=O) groups is 2. The molecule has 0 radical (unpaired) electrons. The zero-order valence-corrected chi connectivity index (χ0v) is 12.5. The molecule has 12 heteroatoms. The molecule has 0 aromatic rings. The summed E-state index contributed by atoms with van der Waals surface area (Å²) >= 11 is 0. The predicted octanol–water partition coefficient (Wildman–Crippen LogP) is 1.54. The fourth-order valence-corrected chi connectivity index (χ4v) is 1.20. The first kappa shape index (κ1) is 21.4. The first-order chi connectivity index (χ1) is 9.78. The van der Waals surface area contributed by atoms with Gasteiger partial charge in [-0.2, -0.15) is 26.3 Å². The molecule has 0 aliphatic carbocycles. The van der Waals surface area contributed by atoms with E-state index < -0.39 is 41.1 Å². The lowest BCUT2D eigenvalue weighted by atomic mass is 10.1. The van der Waals surface area contributed by atoms with Gasteiger partial charge in [0.25, 0.3) is 0 Å². The highest BCUT2D eigenvalue weighted by molar-refractivity contribution is 5.82. The number of hydrogen-bond acceptors (Lipinski definition) is 5. The molecular weight excluding hydrogens is 338 g/mol. The molecule has 1 rings (SSSR count). The molecule has 0 spiro atoms. The Hall–Kier alpha value is -1.56. The number of carboxylic acid groups (broad SMARTS) is 1. The SMILES string of the molecule is CC(C)(N)C(=O)O.CC1(C)NC(C(F)(F)F)(C(F)(F)F)OC1=O. The predicted molar refractivity (Wildman–Crippen MR) is 64.0 cm³/mol. The highest BCUT2D eigenvalue weighted by Crippen LogP contribution is 2.48. The van der Waals surface area contributed by atoms with Crippen LogP contribution in [0.1, 0.15) is 27.7 Å². The number of nitrogens with one attached hydrogen (secondary N) is 1. The molecule has 136 valence electrons. The number of nitrogens with two attached hydrogens (primary N) is 1. The van der Waals surface area contributed by atoms with Crippen molar-refractivity contribution < 1.29 is 45.8 Å². The molecule has 23 heavy (non-hydrogen) atoms. The normalized spacial score (nSPS) is 20.4. The van der Waals surface area contributed by atoms with Gasteiger partial charge in [-0.15, -0.1) is 0 Å². The van der Waals surface area contributed by atoms with Crippen LogP contribution in [0, 0.1) is 0 Å². The number of aliphatic carboxylic acids is 1. The average molecular weight is 354 g/mol. The summed E-state index contributed by atoms with van der Waals surface area (Å²) in [6, 6.07) is 0. The van der Waals surface area contributed by atoms with Gasteiger partial charge in [-0.1, -0.05) is 0 Å². The topological polar surface area (TPSA) is 102 Å². The monoisotopic (exact) mass is 354 g/mol. The molecule has 1 saturated heterocycles. The summed E-state index contributed by atoms with van der Waals surface area (Å²) in [6.07, 6.45) is -11.6. The van der Waals surface area contributed by atoms with Crippen LogP contribution in [0.15, 0.2) is 0 Å². The van der Waals surface area contributed by atoms with E-state index in [1.54, 1.807) is 0 Å². The molecule has 0 aromatic heterocycles. The highest BCUT2D eigenvalue weighted by Gasteiger charge is 2.79. The Balaban J connectivity index is 0.000000585. The van der Waals surface area contributed by atoms with Crippen molar-refractivity contribution in [1.29, 1.82) is 0 Å². The van der Waals surface area contributed by atoms with Gasteiger partial charge in [0.05, 0.1) is 0 Å². The summed E-state index contributed by atoms with van der Waals surface area (Å²) in [4.78, 5) is 20.8. The first-order valence-corrected chi connectivity index (χ1v) is 5.96. The second kappa shape index (κ2) is 5.82. The number of alkyl halides is 6. The number of cyclic esters (lactones) is 1. The highest BCUT2D eigenvalue weighted by atomic mass is 19.4. The van der Waals surface area contributed by atoms with Gasteiger partial charge in [-0.25, -0.2) is 10.1 Å². The lowest BCUT2D eigenvalue weighted by molar-refractivity contribution is -0.370. The van der Waals surface area contributed by atoms with Crippen molar-refractivity contribution in [2.45, 2.75) is 56.9 Å². The van der Waals surface area contributed by atoms with Gasteiger partial charge in [0, 0.05) is 0 Å². The van der Waals surface area contributed by atoms with E-state index in [0.717, 1.165) is 19.2 Å². The van der Waals surface area contributed by atoms with Gasteiger partial charge >= 0.3 is 30.0 Å². The van der Waals surface area contributed by atoms with Gasteiger partial charge in [0.2, 0.25) is 0 Å². The number of rotatable bonds is 1. The van der Waals surface area contributed by atoms with Crippen LogP contribution in [0.5, 0.6) is 0 Å². The van der Waals surface area contributed by atoms with Crippen molar-refractivity contribution in [3.63, 3.8) is 0 Å². The summed E-state index contributed by atoms with van der Waals surface area (Å²) in [6.45, 7) is 4.62. The van der Waals surface area contributed by atoms with Crippen LogP contribution in [-0.4, -0.2) is 46.2 Å². The molecule has 1 heterocycles. The van der Waals surface area contributed by atoms with Gasteiger partial charge < -0.3 is 15.6 Å². The molecule has 0 bridgehead atoms. The zero-order valence-electron chi connectivity index (χ0n) is 12.5. The summed E-state index contributed by atoms with van der Waals surface area (Å²) in [5.41, 5.74) is -2.68. The van der Waals surface area contributed by atoms with Crippen molar-refractivity contribution in [2.24, 2.45) is 5.73 Å². The van der Waals surface area contributed by atoms with Gasteiger partial charge in [0.1, 0.15) is 11.1 Å². The third kappa shape index (κ3) is 4.47. The minimum absolute atomic E-state index is 0.870. The van der Waals surface area contributed by atoms with E-state index in [9.17, 15) is 35.9 Å². The molecule has 6 nitrogen and oxygen atoms in total. The van der Waals surface area contributed by atoms with E-state index in [0.29, 0.717) is 0 Å². The van der Waals surface area contributed by atoms with E-state index in [4.69, 9.17) is 10.8 Å². The number of carbonyl (C=O) groups excluding carboxylic acids is 1. The molecular formula is C11H16F6N2O4. The van der Waals surface area contributed by atoms with E-state index in [1.165, 1.54) is 13.8 Å². The van der Waals surface area contributed by atoms with Gasteiger partial charge in [-0.05, 0) is 27.7 Å². The molecule has 4 N–H and O–H groups in total. The Morgan fingerprint density at radius 1 is 1.13 bits per heavy atom. The van der Waals surface area contributed by atoms with E-state index >= 15 is 0 Å². The summed E-state index contributed by atoms with van der Waals surface area (Å²) in [5.74, 6) is -2.59. The van der Waals surface area contributed by atoms with Crippen LogP contribution in [0.25, 0.3) is 0 Å². The Morgan fingerprint density at radius 2 is 1.43 bits per heavy atom. The lowest BCUT2D eigenvalue weighted by Gasteiger charge is -2.32. The second-order valence-electron chi connectivity index (χ2n) is 5.84. The van der Waals surface area contributed by atoms with Crippen molar-refractivity contribution >= 4 is 11.9 Å². The fourth-order valence-electron chi connectivity index (χ4n) is 1.20. The maximum atomic E-state index is 12.4. The smallest absolute Gasteiger partial charge is 0.452 e. The Bertz CT molecular complexity index is 464. The van der Waals surface area contributed by atoms with Gasteiger partial charge in [-0.3, -0.25) is 4.79 Å². The maximum Gasteiger partial charge on any atom is 0.452 e. The van der Waals surface area contributed by atoms with Crippen LogP contribution in [-0.2, 0) is 14.3 Å². The summed E-state index contributed by atoms with van der Waals surface area (Å²) < 4.78 is 77.7. The van der Waals surface area contributed by atoms with Crippen molar-refractivity contribution in [2.75, 3.05) is 0 Å². The molecule has 0 aromatic carbocycles. The third-order valence-corrected chi connectivity index (χ3v) is 2.59. The van der Waals surface area contributed by atoms with Crippen LogP contribution in [0.4, 0.5) is 26.3 Å². The van der Waals surface area contributed by atoms with E-state index in [-0.39, 0.29) is 0 Å². The quantitative estimate of drug-likeness (QED) is 0.488. The molecule has 0 unspecified atom stereocenters. The van der Waals surface area contributed by atoms with E-state index in [1.807, 2.05) is 0 Å². The maximum absolute atomic E-state index is 12.4. The van der Waals surface area contributed by atoms with Crippen LogP contribution >= 0.6 is 0 Å². The number of carboxylic acids is 1. The molecule has 0 atom stereocenters. The number of esters is 1.